The fourth-order valence-electron chi connectivity index (χ4n) is 1.52. The van der Waals surface area contributed by atoms with Crippen LogP contribution in [0.2, 0.25) is 0 Å². The highest BCUT2D eigenvalue weighted by Gasteiger charge is 2.26. The molecule has 1 fully saturated rings. The van der Waals surface area contributed by atoms with Crippen molar-refractivity contribution in [3.05, 3.63) is 11.9 Å². The van der Waals surface area contributed by atoms with Crippen LogP contribution >= 0.6 is 0 Å². The highest BCUT2D eigenvalue weighted by molar-refractivity contribution is 7.85. The van der Waals surface area contributed by atoms with E-state index in [1.165, 1.54) is 12.8 Å². The van der Waals surface area contributed by atoms with Crippen LogP contribution in [-0.4, -0.2) is 33.7 Å². The van der Waals surface area contributed by atoms with Crippen molar-refractivity contribution >= 4 is 10.1 Å². The Kier molecular flexibility index (Phi) is 3.25. The van der Waals surface area contributed by atoms with Crippen molar-refractivity contribution in [1.29, 1.82) is 0 Å². The minimum atomic E-state index is -3.83. The van der Waals surface area contributed by atoms with E-state index in [2.05, 4.69) is 10.2 Å². The van der Waals surface area contributed by atoms with Gasteiger partial charge in [-0.25, -0.2) is 0 Å². The molecule has 1 aromatic rings. The lowest BCUT2D eigenvalue weighted by molar-refractivity contribution is 0.470. The second-order valence-electron chi connectivity index (χ2n) is 4.13. The normalized spacial score (nSPS) is 16.6. The smallest absolute Gasteiger partial charge is 0.264 e. The first-order valence-electron chi connectivity index (χ1n) is 5.40. The molecule has 0 saturated heterocycles. The van der Waals surface area contributed by atoms with Gasteiger partial charge in [-0.3, -0.25) is 4.55 Å². The van der Waals surface area contributed by atoms with Crippen molar-refractivity contribution in [3.8, 4) is 0 Å². The van der Waals surface area contributed by atoms with Crippen molar-refractivity contribution in [2.45, 2.75) is 38.1 Å². The van der Waals surface area contributed by atoms with Crippen molar-refractivity contribution < 1.29 is 13.0 Å². The first-order valence-corrected chi connectivity index (χ1v) is 7.01. The second-order valence-corrected chi connectivity index (χ2v) is 5.70. The Morgan fingerprint density at radius 2 is 2.19 bits per heavy atom. The summed E-state index contributed by atoms with van der Waals surface area (Å²) in [6.07, 6.45) is 5.25. The average Bonchev–Trinajstić information content (AvgIpc) is 2.93. The average molecular weight is 245 g/mol. The summed E-state index contributed by atoms with van der Waals surface area (Å²) in [5, 5.41) is 8.40. The Hall–Kier alpha value is -0.950. The Morgan fingerprint density at radius 3 is 2.81 bits per heavy atom. The van der Waals surface area contributed by atoms with Gasteiger partial charge in [0.25, 0.3) is 10.1 Å². The third-order valence-corrected chi connectivity index (χ3v) is 3.36. The molecule has 0 aromatic carbocycles. The summed E-state index contributed by atoms with van der Waals surface area (Å²) in [6, 6.07) is 0. The molecule has 1 aliphatic rings. The third-order valence-electron chi connectivity index (χ3n) is 2.56. The fraction of sp³-hybridized carbons (Fsp3) is 0.778. The van der Waals surface area contributed by atoms with Crippen LogP contribution in [0.15, 0.2) is 6.20 Å². The van der Waals surface area contributed by atoms with Gasteiger partial charge in [-0.15, -0.1) is 0 Å². The SMILES string of the molecule is O=S(=O)(O)CCCCn1ncc(C2CC2)n1. The minimum Gasteiger partial charge on any atom is -0.286 e. The van der Waals surface area contributed by atoms with Crippen LogP contribution in [0.4, 0.5) is 0 Å². The highest BCUT2D eigenvalue weighted by atomic mass is 32.2. The zero-order valence-corrected chi connectivity index (χ0v) is 9.73. The van der Waals surface area contributed by atoms with Crippen LogP contribution < -0.4 is 0 Å². The predicted octanol–water partition coefficient (Wildman–Crippen LogP) is 0.823. The molecule has 0 spiro atoms. The summed E-state index contributed by atoms with van der Waals surface area (Å²) in [4.78, 5) is 1.59. The van der Waals surface area contributed by atoms with Crippen LogP contribution in [0.3, 0.4) is 0 Å². The molecule has 1 saturated carbocycles. The van der Waals surface area contributed by atoms with Gasteiger partial charge in [0.05, 0.1) is 24.2 Å². The summed E-state index contributed by atoms with van der Waals surface area (Å²) >= 11 is 0. The monoisotopic (exact) mass is 245 g/mol. The van der Waals surface area contributed by atoms with E-state index in [-0.39, 0.29) is 5.75 Å². The topological polar surface area (TPSA) is 85.1 Å². The Bertz CT molecular complexity index is 450. The Balaban J connectivity index is 1.72. The summed E-state index contributed by atoms with van der Waals surface area (Å²) in [6.45, 7) is 0.599. The zero-order valence-electron chi connectivity index (χ0n) is 8.91. The number of hydrogen-bond donors (Lipinski definition) is 1. The molecule has 1 N–H and O–H groups in total. The molecule has 7 heteroatoms. The molecular weight excluding hydrogens is 230 g/mol. The highest BCUT2D eigenvalue weighted by Crippen LogP contribution is 2.38. The lowest BCUT2D eigenvalue weighted by atomic mass is 10.3. The quantitative estimate of drug-likeness (QED) is 0.592. The molecule has 0 bridgehead atoms. The Labute approximate surface area is 94.4 Å². The molecule has 16 heavy (non-hydrogen) atoms. The lowest BCUT2D eigenvalue weighted by Gasteiger charge is -1.98. The lowest BCUT2D eigenvalue weighted by Crippen LogP contribution is -2.07. The maximum atomic E-state index is 10.5. The number of aryl methyl sites for hydroxylation is 1. The van der Waals surface area contributed by atoms with E-state index in [0.29, 0.717) is 25.3 Å². The summed E-state index contributed by atoms with van der Waals surface area (Å²) < 4.78 is 29.5. The molecule has 1 aromatic heterocycles. The van der Waals surface area contributed by atoms with Gasteiger partial charge in [0, 0.05) is 5.92 Å². The van der Waals surface area contributed by atoms with Crippen LogP contribution in [0.1, 0.15) is 37.3 Å². The van der Waals surface area contributed by atoms with E-state index < -0.39 is 10.1 Å². The maximum absolute atomic E-state index is 10.5. The van der Waals surface area contributed by atoms with Gasteiger partial charge in [0.15, 0.2) is 0 Å². The van der Waals surface area contributed by atoms with Crippen LogP contribution in [0.25, 0.3) is 0 Å². The third kappa shape index (κ3) is 3.57. The molecule has 0 atom stereocenters. The zero-order chi connectivity index (χ0) is 11.6. The van der Waals surface area contributed by atoms with E-state index >= 15 is 0 Å². The number of nitrogens with zero attached hydrogens (tertiary/aromatic N) is 3. The van der Waals surface area contributed by atoms with Crippen molar-refractivity contribution in [2.75, 3.05) is 5.75 Å². The van der Waals surface area contributed by atoms with Gasteiger partial charge < -0.3 is 0 Å². The van der Waals surface area contributed by atoms with E-state index in [1.807, 2.05) is 0 Å². The van der Waals surface area contributed by atoms with Gasteiger partial charge in [-0.1, -0.05) is 0 Å². The van der Waals surface area contributed by atoms with Gasteiger partial charge in [0.2, 0.25) is 0 Å². The van der Waals surface area contributed by atoms with Crippen molar-refractivity contribution in [1.82, 2.24) is 15.0 Å². The standard InChI is InChI=1S/C9H15N3O3S/c13-16(14,15)6-2-1-5-12-10-7-9(11-12)8-3-4-8/h7-8H,1-6H2,(H,13,14,15). The van der Waals surface area contributed by atoms with Crippen LogP contribution in [-0.2, 0) is 16.7 Å². The minimum absolute atomic E-state index is 0.191. The van der Waals surface area contributed by atoms with E-state index in [9.17, 15) is 8.42 Å². The second kappa shape index (κ2) is 4.50. The van der Waals surface area contributed by atoms with Crippen LogP contribution in [0, 0.1) is 0 Å². The van der Waals surface area contributed by atoms with Crippen molar-refractivity contribution in [2.24, 2.45) is 0 Å². The first kappa shape index (κ1) is 11.5. The van der Waals surface area contributed by atoms with Gasteiger partial charge >= 0.3 is 0 Å². The molecule has 0 aliphatic heterocycles. The molecule has 1 heterocycles. The summed E-state index contributed by atoms with van der Waals surface area (Å²) in [7, 11) is -3.83. The molecule has 90 valence electrons. The summed E-state index contributed by atoms with van der Waals surface area (Å²) in [5.74, 6) is 0.399. The largest absolute Gasteiger partial charge is 0.286 e. The number of aromatic nitrogens is 3. The fourth-order valence-corrected chi connectivity index (χ4v) is 2.09. The number of rotatable bonds is 6. The molecular formula is C9H15N3O3S. The number of hydrogen-bond acceptors (Lipinski definition) is 4. The molecule has 0 radical (unpaired) electrons. The predicted molar refractivity (Wildman–Crippen MR) is 57.6 cm³/mol. The molecule has 6 nitrogen and oxygen atoms in total. The van der Waals surface area contributed by atoms with Gasteiger partial charge in [-0.05, 0) is 25.7 Å². The van der Waals surface area contributed by atoms with Crippen molar-refractivity contribution in [3.63, 3.8) is 0 Å². The van der Waals surface area contributed by atoms with E-state index in [4.69, 9.17) is 4.55 Å². The molecule has 0 unspecified atom stereocenters. The summed E-state index contributed by atoms with van der Waals surface area (Å²) in [5.41, 5.74) is 1.04. The molecule has 1 aliphatic carbocycles. The van der Waals surface area contributed by atoms with Gasteiger partial charge in [-0.2, -0.15) is 23.4 Å². The van der Waals surface area contributed by atoms with E-state index in [1.54, 1.807) is 11.0 Å². The molecule has 0 amide bonds. The molecule has 2 rings (SSSR count). The first-order chi connectivity index (χ1) is 7.54. The van der Waals surface area contributed by atoms with E-state index in [0.717, 1.165) is 5.69 Å². The van der Waals surface area contributed by atoms with Gasteiger partial charge in [0.1, 0.15) is 0 Å². The Morgan fingerprint density at radius 1 is 1.44 bits per heavy atom. The van der Waals surface area contributed by atoms with Crippen LogP contribution in [0.5, 0.6) is 0 Å². The maximum Gasteiger partial charge on any atom is 0.264 e. The number of unbranched alkanes of at least 4 members (excludes halogenated alkanes) is 1.